The van der Waals surface area contributed by atoms with Gasteiger partial charge in [-0.1, -0.05) is 25.2 Å². The Bertz CT molecular complexity index is 303. The zero-order valence-corrected chi connectivity index (χ0v) is 7.96. The Hall–Kier alpha value is -0.780. The van der Waals surface area contributed by atoms with Gasteiger partial charge in [0, 0.05) is 0 Å². The van der Waals surface area contributed by atoms with Crippen LogP contribution in [0.3, 0.4) is 0 Å². The summed E-state index contributed by atoms with van der Waals surface area (Å²) in [7, 11) is 0. The molecule has 0 aromatic carbocycles. The molecule has 6 heteroatoms. The van der Waals surface area contributed by atoms with Gasteiger partial charge in [0.05, 0.1) is 5.69 Å². The van der Waals surface area contributed by atoms with Crippen molar-refractivity contribution < 1.29 is 13.2 Å². The molecule has 0 atom stereocenters. The van der Waals surface area contributed by atoms with E-state index >= 15 is 0 Å². The molecule has 0 spiro atoms. The fourth-order valence-electron chi connectivity index (χ4n) is 0.944. The highest BCUT2D eigenvalue weighted by atomic mass is 32.1. The fourth-order valence-corrected chi connectivity index (χ4v) is 1.80. The minimum atomic E-state index is -4.34. The van der Waals surface area contributed by atoms with Crippen molar-refractivity contribution in [2.45, 2.75) is 25.9 Å². The minimum Gasteiger partial charge on any atom is -0.375 e. The van der Waals surface area contributed by atoms with Crippen LogP contribution in [-0.4, -0.2) is 4.98 Å². The standard InChI is InChI=1S/C7H9F3N2S/c1-3(2)4-5(7(8,9)10)13-6(11)12-4/h3H,1-2H3,(H2,11,12). The Balaban J connectivity index is 3.20. The molecule has 0 aliphatic heterocycles. The molecule has 0 aliphatic rings. The first-order valence-corrected chi connectivity index (χ1v) is 4.47. The van der Waals surface area contributed by atoms with Crippen molar-refractivity contribution in [3.05, 3.63) is 10.6 Å². The molecule has 0 radical (unpaired) electrons. The summed E-state index contributed by atoms with van der Waals surface area (Å²) in [5.74, 6) is -0.259. The Morgan fingerprint density at radius 2 is 1.92 bits per heavy atom. The maximum atomic E-state index is 12.3. The average molecular weight is 210 g/mol. The van der Waals surface area contributed by atoms with E-state index in [0.29, 0.717) is 11.3 Å². The summed E-state index contributed by atoms with van der Waals surface area (Å²) in [6, 6.07) is 0. The van der Waals surface area contributed by atoms with Crippen LogP contribution in [0.2, 0.25) is 0 Å². The molecule has 0 aliphatic carbocycles. The van der Waals surface area contributed by atoms with E-state index in [1.165, 1.54) is 0 Å². The molecule has 0 fully saturated rings. The molecular weight excluding hydrogens is 201 g/mol. The van der Waals surface area contributed by atoms with Gasteiger partial charge in [0.15, 0.2) is 5.13 Å². The lowest BCUT2D eigenvalue weighted by atomic mass is 10.1. The minimum absolute atomic E-state index is 0.0315. The molecular formula is C7H9F3N2S. The van der Waals surface area contributed by atoms with Gasteiger partial charge in [-0.3, -0.25) is 0 Å². The lowest BCUT2D eigenvalue weighted by molar-refractivity contribution is -0.135. The van der Waals surface area contributed by atoms with E-state index in [-0.39, 0.29) is 16.7 Å². The van der Waals surface area contributed by atoms with E-state index in [1.54, 1.807) is 13.8 Å². The van der Waals surface area contributed by atoms with Gasteiger partial charge in [-0.15, -0.1) is 0 Å². The van der Waals surface area contributed by atoms with E-state index in [4.69, 9.17) is 5.73 Å². The van der Waals surface area contributed by atoms with Crippen LogP contribution in [0.4, 0.5) is 18.3 Å². The van der Waals surface area contributed by atoms with Crippen LogP contribution in [0, 0.1) is 0 Å². The average Bonchev–Trinajstić information content (AvgIpc) is 2.29. The van der Waals surface area contributed by atoms with Gasteiger partial charge in [0.2, 0.25) is 0 Å². The molecule has 0 unspecified atom stereocenters. The SMILES string of the molecule is CC(C)c1nc(N)sc1C(F)(F)F. The summed E-state index contributed by atoms with van der Waals surface area (Å²) in [6.07, 6.45) is -4.34. The molecule has 2 nitrogen and oxygen atoms in total. The summed E-state index contributed by atoms with van der Waals surface area (Å²) in [5.41, 5.74) is 5.26. The molecule has 0 saturated carbocycles. The van der Waals surface area contributed by atoms with Crippen molar-refractivity contribution in [1.82, 2.24) is 4.98 Å². The first kappa shape index (κ1) is 10.3. The maximum absolute atomic E-state index is 12.3. The van der Waals surface area contributed by atoms with Gasteiger partial charge < -0.3 is 5.73 Å². The van der Waals surface area contributed by atoms with Gasteiger partial charge in [0.1, 0.15) is 4.88 Å². The monoisotopic (exact) mass is 210 g/mol. The van der Waals surface area contributed by atoms with Gasteiger partial charge >= 0.3 is 6.18 Å². The van der Waals surface area contributed by atoms with E-state index in [0.717, 1.165) is 0 Å². The first-order valence-electron chi connectivity index (χ1n) is 3.65. The van der Waals surface area contributed by atoms with Gasteiger partial charge in [-0.05, 0) is 5.92 Å². The van der Waals surface area contributed by atoms with Crippen molar-refractivity contribution in [2.75, 3.05) is 5.73 Å². The third kappa shape index (κ3) is 2.12. The lowest BCUT2D eigenvalue weighted by Gasteiger charge is -2.07. The second kappa shape index (κ2) is 3.17. The van der Waals surface area contributed by atoms with Gasteiger partial charge in [0.25, 0.3) is 0 Å². The molecule has 0 bridgehead atoms. The number of nitrogens with zero attached hydrogens (tertiary/aromatic N) is 1. The number of thiazole rings is 1. The second-order valence-corrected chi connectivity index (χ2v) is 3.95. The van der Waals surface area contributed by atoms with Crippen LogP contribution in [0.1, 0.15) is 30.3 Å². The number of hydrogen-bond acceptors (Lipinski definition) is 3. The number of aromatic nitrogens is 1. The quantitative estimate of drug-likeness (QED) is 0.774. The molecule has 1 aromatic rings. The number of alkyl halides is 3. The zero-order chi connectivity index (χ0) is 10.2. The molecule has 0 amide bonds. The summed E-state index contributed by atoms with van der Waals surface area (Å²) < 4.78 is 37.0. The van der Waals surface area contributed by atoms with Gasteiger partial charge in [-0.25, -0.2) is 4.98 Å². The Labute approximate surface area is 77.6 Å². The zero-order valence-electron chi connectivity index (χ0n) is 7.14. The molecule has 0 saturated heterocycles. The molecule has 2 N–H and O–H groups in total. The highest BCUT2D eigenvalue weighted by Gasteiger charge is 2.37. The molecule has 1 aromatic heterocycles. The predicted molar refractivity (Wildman–Crippen MR) is 45.6 cm³/mol. The fraction of sp³-hybridized carbons (Fsp3) is 0.571. The topological polar surface area (TPSA) is 38.9 Å². The highest BCUT2D eigenvalue weighted by Crippen LogP contribution is 2.39. The maximum Gasteiger partial charge on any atom is 0.427 e. The molecule has 1 heterocycles. The molecule has 1 rings (SSSR count). The number of halogens is 3. The van der Waals surface area contributed by atoms with Crippen LogP contribution in [0.15, 0.2) is 0 Å². The smallest absolute Gasteiger partial charge is 0.375 e. The number of rotatable bonds is 1. The summed E-state index contributed by atoms with van der Waals surface area (Å²) in [4.78, 5) is 2.97. The Morgan fingerprint density at radius 3 is 2.23 bits per heavy atom. The van der Waals surface area contributed by atoms with Crippen molar-refractivity contribution in [3.63, 3.8) is 0 Å². The Morgan fingerprint density at radius 1 is 1.38 bits per heavy atom. The predicted octanol–water partition coefficient (Wildman–Crippen LogP) is 2.87. The van der Waals surface area contributed by atoms with E-state index in [2.05, 4.69) is 4.98 Å². The molecule has 13 heavy (non-hydrogen) atoms. The number of nitrogen functional groups attached to an aromatic ring is 1. The third-order valence-corrected chi connectivity index (χ3v) is 2.42. The summed E-state index contributed by atoms with van der Waals surface area (Å²) in [6.45, 7) is 3.31. The van der Waals surface area contributed by atoms with E-state index in [9.17, 15) is 13.2 Å². The number of hydrogen-bond donors (Lipinski definition) is 1. The van der Waals surface area contributed by atoms with Crippen molar-refractivity contribution in [3.8, 4) is 0 Å². The van der Waals surface area contributed by atoms with Crippen molar-refractivity contribution in [2.24, 2.45) is 0 Å². The van der Waals surface area contributed by atoms with Crippen LogP contribution < -0.4 is 5.73 Å². The van der Waals surface area contributed by atoms with E-state index < -0.39 is 11.1 Å². The summed E-state index contributed by atoms with van der Waals surface area (Å²) >= 11 is 0.491. The van der Waals surface area contributed by atoms with Crippen LogP contribution in [0.5, 0.6) is 0 Å². The largest absolute Gasteiger partial charge is 0.427 e. The van der Waals surface area contributed by atoms with Crippen LogP contribution >= 0.6 is 11.3 Å². The van der Waals surface area contributed by atoms with Crippen molar-refractivity contribution in [1.29, 1.82) is 0 Å². The normalized spacial score (nSPS) is 12.5. The first-order chi connectivity index (χ1) is 5.82. The second-order valence-electron chi connectivity index (χ2n) is 2.92. The molecule has 74 valence electrons. The third-order valence-electron chi connectivity index (χ3n) is 1.47. The van der Waals surface area contributed by atoms with Crippen molar-refractivity contribution >= 4 is 16.5 Å². The number of anilines is 1. The summed E-state index contributed by atoms with van der Waals surface area (Å²) in [5, 5.41) is -0.0315. The van der Waals surface area contributed by atoms with Gasteiger partial charge in [-0.2, -0.15) is 13.2 Å². The number of nitrogens with two attached hydrogens (primary N) is 1. The Kier molecular flexibility index (Phi) is 2.51. The lowest BCUT2D eigenvalue weighted by Crippen LogP contribution is -2.07. The van der Waals surface area contributed by atoms with Crippen LogP contribution in [0.25, 0.3) is 0 Å². The van der Waals surface area contributed by atoms with Crippen LogP contribution in [-0.2, 0) is 6.18 Å². The highest BCUT2D eigenvalue weighted by molar-refractivity contribution is 7.15. The van der Waals surface area contributed by atoms with E-state index in [1.807, 2.05) is 0 Å².